The van der Waals surface area contributed by atoms with Crippen molar-refractivity contribution in [1.29, 1.82) is 0 Å². The monoisotopic (exact) mass is 746 g/mol. The van der Waals surface area contributed by atoms with Gasteiger partial charge in [-0.25, -0.2) is 4.79 Å². The molecule has 3 N–H and O–H groups in total. The third kappa shape index (κ3) is 19.5. The zero-order valence-electron chi connectivity index (χ0n) is 30.6. The third-order valence-corrected chi connectivity index (χ3v) is 10.8. The Labute approximate surface area is 313 Å². The van der Waals surface area contributed by atoms with Crippen LogP contribution in [0.15, 0.2) is 15.8 Å². The first kappa shape index (κ1) is 47.5. The normalized spacial score (nSPS) is 20.8. The molecular weight excluding hydrogens is 685 g/mol. The summed E-state index contributed by atoms with van der Waals surface area (Å²) < 4.78 is 48.5. The van der Waals surface area contributed by atoms with Gasteiger partial charge in [-0.15, -0.1) is 0 Å². The summed E-state index contributed by atoms with van der Waals surface area (Å²) in [5, 5.41) is 20.7. The van der Waals surface area contributed by atoms with Crippen LogP contribution in [0, 0.1) is 5.82 Å². The van der Waals surface area contributed by atoms with Crippen LogP contribution >= 0.6 is 19.6 Å². The van der Waals surface area contributed by atoms with Crippen molar-refractivity contribution in [2.45, 2.75) is 160 Å². The van der Waals surface area contributed by atoms with E-state index in [2.05, 4.69) is 13.8 Å². The minimum Gasteiger partial charge on any atom is -0.756 e. The van der Waals surface area contributed by atoms with Gasteiger partial charge in [0.25, 0.3) is 13.4 Å². The fourth-order valence-electron chi connectivity index (χ4n) is 5.66. The first-order valence-electron chi connectivity index (χ1n) is 18.4. The minimum absolute atomic E-state index is 0. The Kier molecular flexibility index (Phi) is 26.6. The maximum atomic E-state index is 13.8. The number of hydrogen-bond acceptors (Lipinski definition) is 11. The molecule has 286 valence electrons. The number of thioether (sulfide) groups is 1. The van der Waals surface area contributed by atoms with Crippen molar-refractivity contribution in [3.05, 3.63) is 32.9 Å². The number of aromatic amines is 1. The number of unbranched alkanes of at least 4 members (excludes halogenated alkanes) is 16. The average molecular weight is 747 g/mol. The van der Waals surface area contributed by atoms with Gasteiger partial charge in [-0.1, -0.05) is 117 Å². The van der Waals surface area contributed by atoms with E-state index in [9.17, 15) is 33.7 Å². The quantitative estimate of drug-likeness (QED) is 0.0601. The average Bonchev–Trinajstić information content (AvgIpc) is 3.35. The van der Waals surface area contributed by atoms with Gasteiger partial charge < -0.3 is 33.6 Å². The second-order valence-corrected chi connectivity index (χ2v) is 15.5. The van der Waals surface area contributed by atoms with E-state index in [1.807, 2.05) is 0 Å². The molecule has 6 atom stereocenters. The predicted octanol–water partition coefficient (Wildman–Crippen LogP) is 2.98. The molecule has 1 saturated heterocycles. The summed E-state index contributed by atoms with van der Waals surface area (Å²) in [5.41, 5.74) is -2.33. The number of nitrogens with one attached hydrogen (secondary N) is 1. The second kappa shape index (κ2) is 28.0. The molecule has 0 spiro atoms. The van der Waals surface area contributed by atoms with Gasteiger partial charge in [0.15, 0.2) is 6.23 Å². The topological polar surface area (TPSA) is 172 Å². The van der Waals surface area contributed by atoms with E-state index in [0.717, 1.165) is 31.4 Å². The molecule has 12 nitrogen and oxygen atoms in total. The summed E-state index contributed by atoms with van der Waals surface area (Å²) in [5.74, 6) is 0.211. The Bertz CT molecular complexity index is 1180. The fraction of sp³-hybridized carbons (Fsp3) is 0.882. The molecule has 1 fully saturated rings. The Hall–Kier alpha value is -0.493. The van der Waals surface area contributed by atoms with Crippen molar-refractivity contribution in [2.24, 2.45) is 0 Å². The molecular formula is C34H61FLiN2O10PS. The maximum Gasteiger partial charge on any atom is 1.00 e. The molecule has 1 aliphatic rings. The van der Waals surface area contributed by atoms with Gasteiger partial charge in [-0.2, -0.15) is 16.2 Å². The number of H-pyrrole nitrogens is 1. The maximum absolute atomic E-state index is 13.8. The first-order valence-corrected chi connectivity index (χ1v) is 21.0. The Morgan fingerprint density at radius 1 is 0.900 bits per heavy atom. The number of aromatic nitrogens is 2. The minimum atomic E-state index is -4.88. The fourth-order valence-corrected chi connectivity index (χ4v) is 7.44. The first-order chi connectivity index (χ1) is 23.6. The predicted molar refractivity (Wildman–Crippen MR) is 188 cm³/mol. The third-order valence-electron chi connectivity index (χ3n) is 8.65. The van der Waals surface area contributed by atoms with Crippen molar-refractivity contribution in [3.8, 4) is 0 Å². The summed E-state index contributed by atoms with van der Waals surface area (Å²) in [6, 6.07) is 0. The summed E-state index contributed by atoms with van der Waals surface area (Å²) in [6.45, 7) is 3.96. The van der Waals surface area contributed by atoms with Gasteiger partial charge >= 0.3 is 24.6 Å². The summed E-state index contributed by atoms with van der Waals surface area (Å²) in [4.78, 5) is 37.8. The van der Waals surface area contributed by atoms with E-state index in [1.54, 1.807) is 16.7 Å². The van der Waals surface area contributed by atoms with Gasteiger partial charge in [0, 0.05) is 12.4 Å². The molecule has 0 saturated carbocycles. The van der Waals surface area contributed by atoms with Crippen LogP contribution in [-0.4, -0.2) is 75.5 Å². The van der Waals surface area contributed by atoms with Crippen molar-refractivity contribution in [1.82, 2.24) is 9.55 Å². The van der Waals surface area contributed by atoms with E-state index >= 15 is 0 Å². The Morgan fingerprint density at radius 2 is 1.44 bits per heavy atom. The van der Waals surface area contributed by atoms with Gasteiger partial charge in [-0.3, -0.25) is 18.9 Å². The number of hydrogen-bond donors (Lipinski definition) is 3. The van der Waals surface area contributed by atoms with Crippen LogP contribution in [0.4, 0.5) is 4.39 Å². The molecule has 0 aromatic carbocycles. The van der Waals surface area contributed by atoms with Crippen molar-refractivity contribution in [3.63, 3.8) is 0 Å². The van der Waals surface area contributed by atoms with E-state index in [1.165, 1.54) is 89.9 Å². The molecule has 2 unspecified atom stereocenters. The molecule has 0 aliphatic carbocycles. The van der Waals surface area contributed by atoms with Crippen LogP contribution in [0.25, 0.3) is 0 Å². The van der Waals surface area contributed by atoms with Gasteiger partial charge in [0.1, 0.15) is 18.3 Å². The summed E-state index contributed by atoms with van der Waals surface area (Å²) in [7, 11) is -4.88. The number of halogens is 1. The second-order valence-electron chi connectivity index (χ2n) is 13.0. The molecule has 2 heterocycles. The Morgan fingerprint density at radius 3 is 2.02 bits per heavy atom. The number of phosphoric acid groups is 1. The molecule has 1 aliphatic heterocycles. The SMILES string of the molecule is CCCCCCCCCCCCSCC(COP(=O)([O-])OC[C@H]1O[C@@H](n2cc(F)c(=O)[nH]c2=O)[C@H](O)[C@@H]1O)OCCCCCCCCCC.[Li+]. The molecule has 2 rings (SSSR count). The van der Waals surface area contributed by atoms with Crippen LogP contribution in [0.3, 0.4) is 0 Å². The largest absolute Gasteiger partial charge is 1.00 e. The summed E-state index contributed by atoms with van der Waals surface area (Å²) >= 11 is 1.71. The number of phosphoric ester groups is 1. The van der Waals surface area contributed by atoms with Crippen LogP contribution < -0.4 is 35.0 Å². The molecule has 1 aromatic heterocycles. The standard InChI is InChI=1S/C34H62FN2O10PS.Li/c1-3-5-7-9-11-13-14-16-18-20-22-49-26-27(44-21-19-17-15-12-10-8-6-4-2)24-45-48(42,43)46-25-29-30(38)31(39)33(47-29)37-23-28(35)32(40)36-34(37)41;/h23,27,29-31,33,38-39H,3-22,24-26H2,1-2H3,(H,42,43)(H,36,40,41);/q;+1/p-1/t27?,29-,30-,31-,33-;/m1./s1. The van der Waals surface area contributed by atoms with Crippen molar-refractivity contribution in [2.75, 3.05) is 31.3 Å². The van der Waals surface area contributed by atoms with Crippen LogP contribution in [0.2, 0.25) is 0 Å². The smallest absolute Gasteiger partial charge is 0.756 e. The zero-order valence-corrected chi connectivity index (χ0v) is 32.3. The molecule has 0 radical (unpaired) electrons. The molecule has 50 heavy (non-hydrogen) atoms. The Balaban J connectivity index is 0.0000125. The van der Waals surface area contributed by atoms with Gasteiger partial charge in [-0.05, 0) is 18.6 Å². The van der Waals surface area contributed by atoms with E-state index < -0.39 is 62.1 Å². The van der Waals surface area contributed by atoms with Crippen molar-refractivity contribution >= 4 is 19.6 Å². The number of aliphatic hydroxyl groups is 2. The van der Waals surface area contributed by atoms with E-state index in [4.69, 9.17) is 18.5 Å². The molecule has 0 amide bonds. The molecule has 16 heteroatoms. The van der Waals surface area contributed by atoms with E-state index in [-0.39, 0.29) is 25.5 Å². The zero-order chi connectivity index (χ0) is 35.9. The van der Waals surface area contributed by atoms with Crippen LogP contribution in [-0.2, 0) is 23.1 Å². The van der Waals surface area contributed by atoms with Gasteiger partial charge in [0.05, 0.1) is 25.5 Å². The van der Waals surface area contributed by atoms with E-state index in [0.29, 0.717) is 23.1 Å². The van der Waals surface area contributed by atoms with Crippen LogP contribution in [0.5, 0.6) is 0 Å². The number of ether oxygens (including phenoxy) is 2. The van der Waals surface area contributed by atoms with Crippen LogP contribution in [0.1, 0.15) is 136 Å². The number of aliphatic hydroxyl groups excluding tert-OH is 2. The van der Waals surface area contributed by atoms with Crippen molar-refractivity contribution < 1.29 is 61.4 Å². The number of rotatable bonds is 30. The summed E-state index contributed by atoms with van der Waals surface area (Å²) in [6.07, 6.45) is 15.6. The molecule has 0 bridgehead atoms. The molecule has 1 aromatic rings. The number of nitrogens with zero attached hydrogens (tertiary/aromatic N) is 1. The van der Waals surface area contributed by atoms with Gasteiger partial charge in [0.2, 0.25) is 5.82 Å².